The SMILES string of the molecule is CC/C(=C1/CCC(CC)(CC)C1(O)Cn1ncnc1SC(C)=O)c1cccc(OC(F)(F)F)c1C(F)(F)F. The number of nitrogens with zero attached hydrogens (tertiary/aromatic N) is 3. The lowest BCUT2D eigenvalue weighted by Crippen LogP contribution is -2.48. The van der Waals surface area contributed by atoms with Crippen molar-refractivity contribution in [2.24, 2.45) is 5.41 Å². The predicted molar refractivity (Wildman–Crippen MR) is 129 cm³/mol. The molecule has 1 N–H and O–H groups in total. The highest BCUT2D eigenvalue weighted by atomic mass is 32.2. The van der Waals surface area contributed by atoms with E-state index < -0.39 is 40.4 Å². The first-order valence-electron chi connectivity index (χ1n) is 12.1. The summed E-state index contributed by atoms with van der Waals surface area (Å²) in [7, 11) is 0. The first-order chi connectivity index (χ1) is 17.6. The Morgan fingerprint density at radius 2 is 1.82 bits per heavy atom. The lowest BCUT2D eigenvalue weighted by molar-refractivity contribution is -0.276. The number of carbonyl (C=O) groups excluding carboxylic acids is 1. The second-order valence-corrected chi connectivity index (χ2v) is 10.3. The average molecular weight is 566 g/mol. The Bertz CT molecular complexity index is 1200. The largest absolute Gasteiger partial charge is 0.573 e. The minimum Gasteiger partial charge on any atom is -0.405 e. The monoisotopic (exact) mass is 565 g/mol. The lowest BCUT2D eigenvalue weighted by atomic mass is 9.68. The third-order valence-electron chi connectivity index (χ3n) is 7.36. The van der Waals surface area contributed by atoms with E-state index in [4.69, 9.17) is 0 Å². The summed E-state index contributed by atoms with van der Waals surface area (Å²) in [4.78, 5) is 15.8. The molecule has 38 heavy (non-hydrogen) atoms. The summed E-state index contributed by atoms with van der Waals surface area (Å²) in [6.07, 6.45) is -7.64. The number of alkyl halides is 6. The molecule has 0 saturated heterocycles. The van der Waals surface area contributed by atoms with Crippen LogP contribution >= 0.6 is 11.8 Å². The maximum absolute atomic E-state index is 14.2. The van der Waals surface area contributed by atoms with Gasteiger partial charge in [-0.1, -0.05) is 32.9 Å². The van der Waals surface area contributed by atoms with Crippen LogP contribution in [0.4, 0.5) is 26.3 Å². The Morgan fingerprint density at radius 1 is 1.16 bits per heavy atom. The fraction of sp³-hybridized carbons (Fsp3) is 0.560. The minimum atomic E-state index is -5.33. The van der Waals surface area contributed by atoms with Crippen molar-refractivity contribution in [2.75, 3.05) is 0 Å². The van der Waals surface area contributed by atoms with Gasteiger partial charge in [0, 0.05) is 12.3 Å². The summed E-state index contributed by atoms with van der Waals surface area (Å²) in [5, 5.41) is 16.5. The smallest absolute Gasteiger partial charge is 0.405 e. The topological polar surface area (TPSA) is 77.2 Å². The van der Waals surface area contributed by atoms with Gasteiger partial charge < -0.3 is 9.84 Å². The van der Waals surface area contributed by atoms with E-state index in [1.807, 2.05) is 13.8 Å². The molecule has 1 heterocycles. The highest BCUT2D eigenvalue weighted by Crippen LogP contribution is 2.58. The molecule has 1 aromatic carbocycles. The molecule has 6 nitrogen and oxygen atoms in total. The third-order valence-corrected chi connectivity index (χ3v) is 8.14. The fourth-order valence-corrected chi connectivity index (χ4v) is 6.16. The number of halogens is 6. The zero-order valence-electron chi connectivity index (χ0n) is 21.3. The second-order valence-electron chi connectivity index (χ2n) is 9.18. The molecule has 2 aromatic rings. The predicted octanol–water partition coefficient (Wildman–Crippen LogP) is 7.03. The van der Waals surface area contributed by atoms with Gasteiger partial charge in [-0.2, -0.15) is 18.3 Å². The van der Waals surface area contributed by atoms with Crippen LogP contribution < -0.4 is 4.74 Å². The summed E-state index contributed by atoms with van der Waals surface area (Å²) < 4.78 is 86.8. The maximum atomic E-state index is 14.2. The number of ether oxygens (including phenoxy) is 1. The van der Waals surface area contributed by atoms with E-state index >= 15 is 0 Å². The van der Waals surface area contributed by atoms with Crippen LogP contribution in [0.25, 0.3) is 5.57 Å². The van der Waals surface area contributed by atoms with Gasteiger partial charge in [-0.25, -0.2) is 9.67 Å². The summed E-state index contributed by atoms with van der Waals surface area (Å²) in [5.74, 6) is -1.36. The molecule has 1 aliphatic carbocycles. The Morgan fingerprint density at radius 3 is 2.34 bits per heavy atom. The number of aliphatic hydroxyl groups is 1. The van der Waals surface area contributed by atoms with Crippen molar-refractivity contribution < 1.29 is 41.0 Å². The van der Waals surface area contributed by atoms with E-state index in [0.29, 0.717) is 30.9 Å². The number of thioether (sulfide) groups is 1. The average Bonchev–Trinajstić information content (AvgIpc) is 3.34. The highest BCUT2D eigenvalue weighted by molar-refractivity contribution is 8.13. The summed E-state index contributed by atoms with van der Waals surface area (Å²) in [6, 6.07) is 2.80. The molecule has 1 aromatic heterocycles. The second kappa shape index (κ2) is 10.9. The summed E-state index contributed by atoms with van der Waals surface area (Å²) >= 11 is 0.805. The number of rotatable bonds is 8. The van der Waals surface area contributed by atoms with Gasteiger partial charge >= 0.3 is 12.5 Å². The first kappa shape index (κ1) is 30.0. The van der Waals surface area contributed by atoms with Crippen molar-refractivity contribution in [3.05, 3.63) is 41.2 Å². The van der Waals surface area contributed by atoms with Gasteiger partial charge in [-0.15, -0.1) is 13.2 Å². The molecule has 13 heteroatoms. The minimum absolute atomic E-state index is 0.00606. The molecule has 210 valence electrons. The van der Waals surface area contributed by atoms with Crippen molar-refractivity contribution in [3.8, 4) is 5.75 Å². The van der Waals surface area contributed by atoms with Crippen LogP contribution in [0, 0.1) is 5.41 Å². The van der Waals surface area contributed by atoms with E-state index in [0.717, 1.165) is 23.9 Å². The number of hydrogen-bond donors (Lipinski definition) is 1. The molecule has 0 spiro atoms. The van der Waals surface area contributed by atoms with Gasteiger partial charge in [0.15, 0.2) is 10.3 Å². The van der Waals surface area contributed by atoms with Crippen LogP contribution in [0.2, 0.25) is 0 Å². The van der Waals surface area contributed by atoms with Crippen molar-refractivity contribution in [1.29, 1.82) is 0 Å². The molecule has 1 unspecified atom stereocenters. The number of allylic oxidation sites excluding steroid dienone is 1. The van der Waals surface area contributed by atoms with E-state index in [-0.39, 0.29) is 35.2 Å². The van der Waals surface area contributed by atoms with Crippen molar-refractivity contribution in [3.63, 3.8) is 0 Å². The molecular formula is C25H29F6N3O3S. The quantitative estimate of drug-likeness (QED) is 0.274. The van der Waals surface area contributed by atoms with E-state index in [9.17, 15) is 36.2 Å². The van der Waals surface area contributed by atoms with E-state index in [1.165, 1.54) is 17.9 Å². The Labute approximate surface area is 220 Å². The van der Waals surface area contributed by atoms with Crippen LogP contribution in [-0.4, -0.2) is 36.9 Å². The van der Waals surface area contributed by atoms with Crippen molar-refractivity contribution >= 4 is 22.5 Å². The van der Waals surface area contributed by atoms with Crippen molar-refractivity contribution in [2.45, 2.75) is 89.6 Å². The van der Waals surface area contributed by atoms with Crippen LogP contribution in [-0.2, 0) is 17.5 Å². The Balaban J connectivity index is 2.30. The zero-order chi connectivity index (χ0) is 28.5. The van der Waals surface area contributed by atoms with Gasteiger partial charge in [-0.05, 0) is 66.6 Å². The molecule has 1 atom stereocenters. The van der Waals surface area contributed by atoms with Crippen LogP contribution in [0.3, 0.4) is 0 Å². The van der Waals surface area contributed by atoms with Crippen LogP contribution in [0.1, 0.15) is 70.9 Å². The molecule has 1 aliphatic rings. The number of hydrogen-bond acceptors (Lipinski definition) is 6. The van der Waals surface area contributed by atoms with E-state index in [2.05, 4.69) is 14.8 Å². The molecule has 0 amide bonds. The first-order valence-corrected chi connectivity index (χ1v) is 12.9. The summed E-state index contributed by atoms with van der Waals surface area (Å²) in [6.45, 7) is 6.47. The lowest BCUT2D eigenvalue weighted by Gasteiger charge is -2.43. The fourth-order valence-electron chi connectivity index (χ4n) is 5.59. The zero-order valence-corrected chi connectivity index (χ0v) is 22.1. The molecular weight excluding hydrogens is 536 g/mol. The number of aromatic nitrogens is 3. The van der Waals surface area contributed by atoms with Crippen molar-refractivity contribution in [1.82, 2.24) is 14.8 Å². The van der Waals surface area contributed by atoms with Gasteiger partial charge in [0.1, 0.15) is 23.2 Å². The highest BCUT2D eigenvalue weighted by Gasteiger charge is 2.56. The number of benzene rings is 1. The molecule has 1 fully saturated rings. The molecule has 0 aliphatic heterocycles. The third kappa shape index (κ3) is 5.73. The number of carbonyl (C=O) groups is 1. The molecule has 1 saturated carbocycles. The molecule has 0 bridgehead atoms. The molecule has 3 rings (SSSR count). The van der Waals surface area contributed by atoms with Gasteiger partial charge in [-0.3, -0.25) is 4.79 Å². The van der Waals surface area contributed by atoms with Crippen LogP contribution in [0.5, 0.6) is 5.75 Å². The standard InChI is InChI=1S/C25H29F6N3O3S/c1-5-16(17-9-8-10-19(37-25(29,30)31)20(17)24(26,27)28)18-11-12-22(6-2,7-3)23(18,36)13-34-21(32-14-33-34)38-15(4)35/h8-10,14,36H,5-7,11-13H2,1-4H3/b18-16+. The maximum Gasteiger partial charge on any atom is 0.573 e. The van der Waals surface area contributed by atoms with Gasteiger partial charge in [0.25, 0.3) is 0 Å². The van der Waals surface area contributed by atoms with E-state index in [1.54, 1.807) is 6.92 Å². The summed E-state index contributed by atoms with van der Waals surface area (Å²) in [5.41, 5.74) is -4.11. The van der Waals surface area contributed by atoms with Gasteiger partial charge in [0.2, 0.25) is 0 Å². The van der Waals surface area contributed by atoms with Crippen LogP contribution in [0.15, 0.2) is 35.3 Å². The Hall–Kier alpha value is -2.54. The Kier molecular flexibility index (Phi) is 8.62. The van der Waals surface area contributed by atoms with Gasteiger partial charge in [0.05, 0.1) is 6.54 Å². The molecule has 0 radical (unpaired) electrons. The normalized spacial score (nSPS) is 21.0.